The molecule has 1 N–H and O–H groups in total. The van der Waals surface area contributed by atoms with Crippen molar-refractivity contribution in [3.63, 3.8) is 0 Å². The van der Waals surface area contributed by atoms with Gasteiger partial charge in [0, 0.05) is 49.5 Å². The summed E-state index contributed by atoms with van der Waals surface area (Å²) < 4.78 is 5.36. The summed E-state index contributed by atoms with van der Waals surface area (Å²) in [6.45, 7) is 3.27. The fourth-order valence-electron chi connectivity index (χ4n) is 4.13. The van der Waals surface area contributed by atoms with Crippen LogP contribution in [0.2, 0.25) is 0 Å². The van der Waals surface area contributed by atoms with E-state index in [0.29, 0.717) is 48.9 Å². The molecule has 30 heavy (non-hydrogen) atoms. The molecule has 0 spiro atoms. The van der Waals surface area contributed by atoms with Gasteiger partial charge < -0.3 is 19.9 Å². The third-order valence-corrected chi connectivity index (χ3v) is 5.72. The maximum Gasteiger partial charge on any atom is 0.291 e. The molecule has 0 saturated carbocycles. The van der Waals surface area contributed by atoms with Crippen molar-refractivity contribution in [3.8, 4) is 5.75 Å². The molecule has 1 saturated heterocycles. The number of aromatic nitrogens is 1. The average Bonchev–Trinajstić information content (AvgIpc) is 3.22. The Morgan fingerprint density at radius 2 is 1.90 bits per heavy atom. The molecular formula is C22H24N4O4. The van der Waals surface area contributed by atoms with E-state index >= 15 is 0 Å². The largest absolute Gasteiger partial charge is 0.496 e. The molecule has 3 heterocycles. The van der Waals surface area contributed by atoms with Gasteiger partial charge in [-0.1, -0.05) is 18.2 Å². The van der Waals surface area contributed by atoms with Gasteiger partial charge in [0.15, 0.2) is 0 Å². The average molecular weight is 408 g/mol. The molecule has 2 aromatic rings. The number of piperazine rings is 1. The lowest BCUT2D eigenvalue weighted by molar-refractivity contribution is -0.148. The summed E-state index contributed by atoms with van der Waals surface area (Å²) in [6, 6.07) is 10.5. The van der Waals surface area contributed by atoms with Crippen molar-refractivity contribution in [1.82, 2.24) is 14.8 Å². The summed E-state index contributed by atoms with van der Waals surface area (Å²) in [5.74, 6) is -0.589. The van der Waals surface area contributed by atoms with Crippen molar-refractivity contribution in [2.75, 3.05) is 38.6 Å². The normalized spacial score (nSPS) is 20.3. The number of carbonyl (C=O) groups excluding carboxylic acids is 3. The highest BCUT2D eigenvalue weighted by atomic mass is 16.5. The molecule has 2 aliphatic rings. The number of pyridine rings is 1. The Morgan fingerprint density at radius 1 is 1.13 bits per heavy atom. The molecule has 0 radical (unpaired) electrons. The fourth-order valence-corrected chi connectivity index (χ4v) is 4.13. The SMILES string of the molecule is COc1ccnc2c1C(C(=O)C(=O)N1CCN(C(=O)c3ccccc3)C[C@H]1C)CN2. The molecule has 1 unspecified atom stereocenters. The zero-order chi connectivity index (χ0) is 21.3. The van der Waals surface area contributed by atoms with Gasteiger partial charge in [-0.2, -0.15) is 0 Å². The molecule has 8 heteroatoms. The van der Waals surface area contributed by atoms with E-state index < -0.39 is 17.6 Å². The fraction of sp³-hybridized carbons (Fsp3) is 0.364. The van der Waals surface area contributed by atoms with Crippen LogP contribution in [0.15, 0.2) is 42.6 Å². The van der Waals surface area contributed by atoms with Crippen molar-refractivity contribution in [2.24, 2.45) is 0 Å². The molecule has 2 amide bonds. The first kappa shape index (κ1) is 19.9. The molecule has 4 rings (SSSR count). The van der Waals surface area contributed by atoms with Gasteiger partial charge in [-0.25, -0.2) is 4.98 Å². The Kier molecular flexibility index (Phi) is 5.39. The first-order chi connectivity index (χ1) is 14.5. The molecule has 0 aliphatic carbocycles. The second-order valence-electron chi connectivity index (χ2n) is 7.54. The number of fused-ring (bicyclic) bond motifs is 1. The van der Waals surface area contributed by atoms with Crippen molar-refractivity contribution in [2.45, 2.75) is 18.9 Å². The Labute approximate surface area is 174 Å². The maximum absolute atomic E-state index is 13.1. The smallest absolute Gasteiger partial charge is 0.291 e. The third kappa shape index (κ3) is 3.49. The van der Waals surface area contributed by atoms with Gasteiger partial charge in [0.05, 0.1) is 13.0 Å². The molecule has 8 nitrogen and oxygen atoms in total. The van der Waals surface area contributed by atoms with Crippen LogP contribution in [-0.4, -0.2) is 71.7 Å². The number of anilines is 1. The van der Waals surface area contributed by atoms with Gasteiger partial charge >= 0.3 is 0 Å². The van der Waals surface area contributed by atoms with Crippen molar-refractivity contribution < 1.29 is 19.1 Å². The van der Waals surface area contributed by atoms with E-state index in [1.807, 2.05) is 25.1 Å². The third-order valence-electron chi connectivity index (χ3n) is 5.72. The summed E-state index contributed by atoms with van der Waals surface area (Å²) in [5.41, 5.74) is 1.25. The van der Waals surface area contributed by atoms with Gasteiger partial charge in [0.2, 0.25) is 5.78 Å². The van der Waals surface area contributed by atoms with Crippen LogP contribution in [0.1, 0.15) is 28.8 Å². The molecule has 1 fully saturated rings. The maximum atomic E-state index is 13.1. The van der Waals surface area contributed by atoms with E-state index in [0.717, 1.165) is 0 Å². The number of carbonyl (C=O) groups is 3. The van der Waals surface area contributed by atoms with E-state index in [2.05, 4.69) is 10.3 Å². The number of hydrogen-bond acceptors (Lipinski definition) is 6. The highest BCUT2D eigenvalue weighted by molar-refractivity contribution is 6.38. The molecular weight excluding hydrogens is 384 g/mol. The minimum Gasteiger partial charge on any atom is -0.496 e. The number of methoxy groups -OCH3 is 1. The van der Waals surface area contributed by atoms with E-state index in [4.69, 9.17) is 4.74 Å². The molecule has 156 valence electrons. The number of amides is 2. The van der Waals surface area contributed by atoms with Gasteiger partial charge in [0.1, 0.15) is 11.6 Å². The number of hydrogen-bond donors (Lipinski definition) is 1. The number of Topliss-reactive ketones (excluding diaryl/α,β-unsaturated/α-hetero) is 1. The van der Waals surface area contributed by atoms with Crippen molar-refractivity contribution >= 4 is 23.4 Å². The number of rotatable bonds is 4. The lowest BCUT2D eigenvalue weighted by Crippen LogP contribution is -2.57. The lowest BCUT2D eigenvalue weighted by Gasteiger charge is -2.39. The first-order valence-corrected chi connectivity index (χ1v) is 9.97. The van der Waals surface area contributed by atoms with Crippen LogP contribution in [0.5, 0.6) is 5.75 Å². The van der Waals surface area contributed by atoms with Gasteiger partial charge in [0.25, 0.3) is 11.8 Å². The zero-order valence-corrected chi connectivity index (χ0v) is 17.0. The lowest BCUT2D eigenvalue weighted by atomic mass is 9.95. The molecule has 0 bridgehead atoms. The van der Waals surface area contributed by atoms with Crippen molar-refractivity contribution in [3.05, 3.63) is 53.7 Å². The topological polar surface area (TPSA) is 91.8 Å². The quantitative estimate of drug-likeness (QED) is 0.772. The van der Waals surface area contributed by atoms with Crippen LogP contribution in [0.4, 0.5) is 5.82 Å². The monoisotopic (exact) mass is 408 g/mol. The Balaban J connectivity index is 1.46. The summed E-state index contributed by atoms with van der Waals surface area (Å²) in [7, 11) is 1.53. The predicted octanol–water partition coefficient (Wildman–Crippen LogP) is 1.54. The molecule has 2 aliphatic heterocycles. The molecule has 2 atom stereocenters. The number of nitrogens with zero attached hydrogens (tertiary/aromatic N) is 3. The van der Waals surface area contributed by atoms with Crippen LogP contribution in [-0.2, 0) is 9.59 Å². The van der Waals surface area contributed by atoms with Crippen LogP contribution in [0, 0.1) is 0 Å². The summed E-state index contributed by atoms with van der Waals surface area (Å²) in [4.78, 5) is 46.3. The van der Waals surface area contributed by atoms with Gasteiger partial charge in [-0.15, -0.1) is 0 Å². The second kappa shape index (κ2) is 8.14. The van der Waals surface area contributed by atoms with Crippen LogP contribution >= 0.6 is 0 Å². The van der Waals surface area contributed by atoms with Gasteiger partial charge in [-0.3, -0.25) is 14.4 Å². The number of ether oxygens (including phenoxy) is 1. The van der Waals surface area contributed by atoms with E-state index in [-0.39, 0.29) is 11.9 Å². The van der Waals surface area contributed by atoms with Crippen LogP contribution < -0.4 is 10.1 Å². The Bertz CT molecular complexity index is 978. The zero-order valence-electron chi connectivity index (χ0n) is 17.0. The summed E-state index contributed by atoms with van der Waals surface area (Å²) in [5, 5.41) is 3.08. The highest BCUT2D eigenvalue weighted by Gasteiger charge is 2.40. The van der Waals surface area contributed by atoms with Gasteiger partial charge in [-0.05, 0) is 25.1 Å². The number of nitrogens with one attached hydrogen (secondary N) is 1. The predicted molar refractivity (Wildman–Crippen MR) is 111 cm³/mol. The number of benzene rings is 1. The summed E-state index contributed by atoms with van der Waals surface area (Å²) in [6.07, 6.45) is 1.60. The van der Waals surface area contributed by atoms with E-state index in [1.165, 1.54) is 7.11 Å². The van der Waals surface area contributed by atoms with E-state index in [9.17, 15) is 14.4 Å². The van der Waals surface area contributed by atoms with Crippen LogP contribution in [0.25, 0.3) is 0 Å². The molecule has 1 aromatic carbocycles. The Hall–Kier alpha value is -3.42. The minimum absolute atomic E-state index is 0.0643. The summed E-state index contributed by atoms with van der Waals surface area (Å²) >= 11 is 0. The van der Waals surface area contributed by atoms with E-state index in [1.54, 1.807) is 34.2 Å². The van der Waals surface area contributed by atoms with Crippen LogP contribution in [0.3, 0.4) is 0 Å². The highest BCUT2D eigenvalue weighted by Crippen LogP contribution is 2.37. The number of ketones is 1. The second-order valence-corrected chi connectivity index (χ2v) is 7.54. The standard InChI is InChI=1S/C22H24N4O4/c1-14-13-25(21(28)15-6-4-3-5-7-15)10-11-26(14)22(29)19(27)16-12-24-20-18(16)17(30-2)8-9-23-20/h3-9,14,16H,10-13H2,1-2H3,(H,23,24)/t14-,16?/m1/s1. The first-order valence-electron chi connectivity index (χ1n) is 9.97. The minimum atomic E-state index is -0.632. The molecule has 1 aromatic heterocycles. The van der Waals surface area contributed by atoms with Crippen molar-refractivity contribution in [1.29, 1.82) is 0 Å². The Morgan fingerprint density at radius 3 is 2.60 bits per heavy atom.